The van der Waals surface area contributed by atoms with Gasteiger partial charge in [0, 0.05) is 17.7 Å². The summed E-state index contributed by atoms with van der Waals surface area (Å²) in [5, 5.41) is 23.0. The van der Waals surface area contributed by atoms with Gasteiger partial charge in [-0.2, -0.15) is 0 Å². The Morgan fingerprint density at radius 2 is 1.89 bits per heavy atom. The van der Waals surface area contributed by atoms with Gasteiger partial charge in [-0.15, -0.1) is 5.75 Å². The van der Waals surface area contributed by atoms with Crippen LogP contribution in [0.2, 0.25) is 0 Å². The molecule has 0 saturated heterocycles. The summed E-state index contributed by atoms with van der Waals surface area (Å²) in [6, 6.07) is 10.3. The van der Waals surface area contributed by atoms with Crippen molar-refractivity contribution < 1.29 is 27.9 Å². The molecule has 2 unspecified atom stereocenters. The van der Waals surface area contributed by atoms with Gasteiger partial charge in [0.15, 0.2) is 5.88 Å². The number of fused-ring (bicyclic) bond motifs is 1. The third-order valence-electron chi connectivity index (χ3n) is 5.12. The molecule has 9 heteroatoms. The fraction of sp³-hybridized carbons (Fsp3) is 0.263. The van der Waals surface area contributed by atoms with Crippen molar-refractivity contribution in [2.24, 2.45) is 0 Å². The van der Waals surface area contributed by atoms with Crippen molar-refractivity contribution in [1.82, 2.24) is 0 Å². The van der Waals surface area contributed by atoms with Crippen LogP contribution in [0.25, 0.3) is 6.08 Å². The van der Waals surface area contributed by atoms with Gasteiger partial charge >= 0.3 is 0 Å². The molecule has 0 spiro atoms. The lowest BCUT2D eigenvalue weighted by Gasteiger charge is -2.28. The normalized spacial score (nSPS) is 21.0. The zero-order chi connectivity index (χ0) is 20.7. The Morgan fingerprint density at radius 1 is 1.21 bits per heavy atom. The smallest absolute Gasteiger partial charge is 0.269 e. The van der Waals surface area contributed by atoms with E-state index in [0.29, 0.717) is 10.6 Å². The maximum Gasteiger partial charge on any atom is 0.269 e. The van der Waals surface area contributed by atoms with E-state index in [-0.39, 0.29) is 17.0 Å². The highest BCUT2D eigenvalue weighted by atomic mass is 32.2. The first-order valence-corrected chi connectivity index (χ1v) is 10.1. The van der Waals surface area contributed by atoms with E-state index >= 15 is 0 Å². The van der Waals surface area contributed by atoms with E-state index in [1.54, 1.807) is 18.2 Å². The van der Waals surface area contributed by atoms with Gasteiger partial charge in [-0.1, -0.05) is 30.3 Å². The Balaban J connectivity index is 2.05. The lowest BCUT2D eigenvalue weighted by atomic mass is 9.80. The first-order valence-electron chi connectivity index (χ1n) is 8.53. The summed E-state index contributed by atoms with van der Waals surface area (Å²) in [4.78, 5) is 10.8. The second-order valence-electron chi connectivity index (χ2n) is 7.31. The molecule has 0 amide bonds. The second-order valence-corrected chi connectivity index (χ2v) is 8.71. The number of non-ortho nitro benzene ring substituents is 1. The molecule has 0 radical (unpaired) electrons. The quantitative estimate of drug-likeness (QED) is 0.452. The Labute approximate surface area is 162 Å². The van der Waals surface area contributed by atoms with Gasteiger partial charge in [0.1, 0.15) is 21.8 Å². The fourth-order valence-corrected chi connectivity index (χ4v) is 4.51. The van der Waals surface area contributed by atoms with E-state index in [2.05, 4.69) is 0 Å². The molecule has 1 N–H and O–H groups in total. The molecule has 2 atom stereocenters. The van der Waals surface area contributed by atoms with Gasteiger partial charge in [-0.05, 0) is 31.6 Å². The molecule has 1 aliphatic heterocycles. The fourth-order valence-electron chi connectivity index (χ4n) is 3.79. The van der Waals surface area contributed by atoms with E-state index in [1.165, 1.54) is 12.1 Å². The molecule has 1 aliphatic rings. The SMILES string of the molecule is CC1(C)c2ccccc2[NH+](CS(=O)(=O)[O-])C1/C=C/c1cc([N+](=O)[O-])ccc1[O-]. The van der Waals surface area contributed by atoms with E-state index in [4.69, 9.17) is 0 Å². The molecule has 2 aromatic carbocycles. The number of benzene rings is 2. The average molecular weight is 403 g/mol. The third-order valence-corrected chi connectivity index (χ3v) is 5.79. The van der Waals surface area contributed by atoms with Crippen molar-refractivity contribution in [3.63, 3.8) is 0 Å². The third kappa shape index (κ3) is 3.77. The highest BCUT2D eigenvalue weighted by molar-refractivity contribution is 7.85. The van der Waals surface area contributed by atoms with E-state index in [1.807, 2.05) is 26.0 Å². The maximum atomic E-state index is 12.1. The molecule has 28 heavy (non-hydrogen) atoms. The Morgan fingerprint density at radius 3 is 2.54 bits per heavy atom. The average Bonchev–Trinajstić information content (AvgIpc) is 2.80. The predicted molar refractivity (Wildman–Crippen MR) is 100 cm³/mol. The van der Waals surface area contributed by atoms with Crippen molar-refractivity contribution in [2.75, 3.05) is 5.88 Å². The lowest BCUT2D eigenvalue weighted by Crippen LogP contribution is -3.11. The van der Waals surface area contributed by atoms with Crippen LogP contribution in [0.4, 0.5) is 11.4 Å². The standard InChI is InChI=1S/C19H20N2O6S/c1-19(2)15-5-3-4-6-16(15)20(12-28(25,26)27)18(19)10-7-13-11-14(21(23)24)8-9-17(13)22/h3-11,18,22H,12H2,1-2H3,(H,25,26,27)/p-1/b10-7+. The molecular formula is C19H19N2O6S-. The summed E-state index contributed by atoms with van der Waals surface area (Å²) >= 11 is 0. The number of nitro benzene ring substituents is 1. The summed E-state index contributed by atoms with van der Waals surface area (Å²) in [5.41, 5.74) is 1.02. The molecular weight excluding hydrogens is 384 g/mol. The topological polar surface area (TPSA) is 128 Å². The first kappa shape index (κ1) is 20.0. The van der Waals surface area contributed by atoms with E-state index in [0.717, 1.165) is 17.7 Å². The largest absolute Gasteiger partial charge is 0.872 e. The van der Waals surface area contributed by atoms with Gasteiger partial charge in [-0.3, -0.25) is 15.0 Å². The van der Waals surface area contributed by atoms with E-state index < -0.39 is 32.4 Å². The van der Waals surface area contributed by atoms with Crippen LogP contribution in [0.15, 0.2) is 48.5 Å². The highest BCUT2D eigenvalue weighted by Crippen LogP contribution is 2.37. The van der Waals surface area contributed by atoms with Gasteiger partial charge < -0.3 is 9.66 Å². The molecule has 0 bridgehead atoms. The minimum absolute atomic E-state index is 0.130. The predicted octanol–water partition coefficient (Wildman–Crippen LogP) is 1.06. The number of hydrogen-bond acceptors (Lipinski definition) is 6. The van der Waals surface area contributed by atoms with Crippen LogP contribution in [0.3, 0.4) is 0 Å². The molecule has 0 fully saturated rings. The first-order chi connectivity index (χ1) is 13.0. The Kier molecular flexibility index (Phi) is 5.00. The highest BCUT2D eigenvalue weighted by Gasteiger charge is 2.48. The zero-order valence-electron chi connectivity index (χ0n) is 15.3. The number of quaternary nitrogens is 1. The van der Waals surface area contributed by atoms with Crippen LogP contribution >= 0.6 is 0 Å². The zero-order valence-corrected chi connectivity index (χ0v) is 16.1. The van der Waals surface area contributed by atoms with Crippen LogP contribution in [-0.4, -0.2) is 29.8 Å². The Hall–Kier alpha value is -2.75. The summed E-state index contributed by atoms with van der Waals surface area (Å²) in [6.45, 7) is 3.85. The second kappa shape index (κ2) is 7.01. The van der Waals surface area contributed by atoms with Crippen molar-refractivity contribution in [3.8, 4) is 5.75 Å². The molecule has 2 aromatic rings. The summed E-state index contributed by atoms with van der Waals surface area (Å²) in [7, 11) is -4.51. The molecule has 8 nitrogen and oxygen atoms in total. The monoisotopic (exact) mass is 403 g/mol. The minimum Gasteiger partial charge on any atom is -0.872 e. The molecule has 1 heterocycles. The number of para-hydroxylation sites is 1. The lowest BCUT2D eigenvalue weighted by molar-refractivity contribution is -0.837. The molecule has 148 valence electrons. The van der Waals surface area contributed by atoms with Crippen molar-refractivity contribution in [2.45, 2.75) is 25.3 Å². The van der Waals surface area contributed by atoms with Gasteiger partial charge in [0.2, 0.25) is 0 Å². The number of nitrogens with one attached hydrogen (secondary N) is 1. The Bertz CT molecular complexity index is 1060. The van der Waals surface area contributed by atoms with Crippen LogP contribution in [0.5, 0.6) is 5.75 Å². The van der Waals surface area contributed by atoms with Gasteiger partial charge in [0.25, 0.3) is 5.69 Å². The molecule has 0 aromatic heterocycles. The van der Waals surface area contributed by atoms with Gasteiger partial charge in [0.05, 0.1) is 10.3 Å². The molecule has 3 rings (SSSR count). The van der Waals surface area contributed by atoms with E-state index in [9.17, 15) is 28.2 Å². The molecule has 0 saturated carbocycles. The number of rotatable bonds is 5. The van der Waals surface area contributed by atoms with Crippen LogP contribution < -0.4 is 10.0 Å². The van der Waals surface area contributed by atoms with Crippen molar-refractivity contribution in [3.05, 3.63) is 69.8 Å². The maximum absolute atomic E-state index is 12.1. The number of nitro groups is 1. The van der Waals surface area contributed by atoms with Crippen molar-refractivity contribution >= 4 is 27.6 Å². The van der Waals surface area contributed by atoms with Crippen LogP contribution in [0.1, 0.15) is 25.0 Å². The number of hydrogen-bond donors (Lipinski definition) is 1. The summed E-state index contributed by atoms with van der Waals surface area (Å²) in [6.07, 6.45) is 3.12. The van der Waals surface area contributed by atoms with Crippen molar-refractivity contribution in [1.29, 1.82) is 0 Å². The summed E-state index contributed by atoms with van der Waals surface area (Å²) in [5.74, 6) is -1.02. The van der Waals surface area contributed by atoms with Crippen LogP contribution in [-0.2, 0) is 15.5 Å². The molecule has 0 aliphatic carbocycles. The van der Waals surface area contributed by atoms with Crippen LogP contribution in [0, 0.1) is 10.1 Å². The summed E-state index contributed by atoms with van der Waals surface area (Å²) < 4.78 is 34.4. The minimum atomic E-state index is -4.51. The van der Waals surface area contributed by atoms with Gasteiger partial charge in [-0.25, -0.2) is 8.42 Å². The number of nitrogens with zero attached hydrogens (tertiary/aromatic N) is 1.